The predicted molar refractivity (Wildman–Crippen MR) is 63.3 cm³/mol. The Morgan fingerprint density at radius 1 is 1.38 bits per heavy atom. The number of rotatable bonds is 3. The van der Waals surface area contributed by atoms with Crippen LogP contribution in [0.4, 0.5) is 0 Å². The van der Waals surface area contributed by atoms with E-state index in [1.165, 1.54) is 11.3 Å². The van der Waals surface area contributed by atoms with E-state index in [9.17, 15) is 4.79 Å². The standard InChI is InChI=1S/C12H10O3S/c1-15-9-4-2-3-8(5-9)10-6-16-7-11(10)12(13)14/h2-7H,1H3,(H,13,14). The van der Waals surface area contributed by atoms with Gasteiger partial charge in [-0.1, -0.05) is 12.1 Å². The highest BCUT2D eigenvalue weighted by Gasteiger charge is 2.12. The van der Waals surface area contributed by atoms with Crippen LogP contribution >= 0.6 is 11.3 Å². The van der Waals surface area contributed by atoms with Gasteiger partial charge in [0.25, 0.3) is 0 Å². The molecule has 1 aromatic carbocycles. The van der Waals surface area contributed by atoms with E-state index in [1.807, 2.05) is 29.6 Å². The van der Waals surface area contributed by atoms with E-state index in [1.54, 1.807) is 12.5 Å². The zero-order valence-electron chi connectivity index (χ0n) is 8.64. The molecule has 82 valence electrons. The Morgan fingerprint density at radius 3 is 2.88 bits per heavy atom. The van der Waals surface area contributed by atoms with Crippen molar-refractivity contribution in [3.05, 3.63) is 40.6 Å². The van der Waals surface area contributed by atoms with Crippen molar-refractivity contribution < 1.29 is 14.6 Å². The molecule has 1 N–H and O–H groups in total. The summed E-state index contributed by atoms with van der Waals surface area (Å²) in [6.07, 6.45) is 0. The molecule has 0 aliphatic carbocycles. The summed E-state index contributed by atoms with van der Waals surface area (Å²) < 4.78 is 5.11. The fourth-order valence-corrected chi connectivity index (χ4v) is 2.31. The van der Waals surface area contributed by atoms with E-state index in [0.29, 0.717) is 5.56 Å². The minimum atomic E-state index is -0.904. The van der Waals surface area contributed by atoms with E-state index in [2.05, 4.69) is 0 Å². The van der Waals surface area contributed by atoms with E-state index in [4.69, 9.17) is 9.84 Å². The Labute approximate surface area is 96.9 Å². The zero-order chi connectivity index (χ0) is 11.5. The highest BCUT2D eigenvalue weighted by Crippen LogP contribution is 2.29. The van der Waals surface area contributed by atoms with Gasteiger partial charge in [-0.15, -0.1) is 0 Å². The molecule has 0 fully saturated rings. The van der Waals surface area contributed by atoms with Crippen molar-refractivity contribution in [2.24, 2.45) is 0 Å². The number of benzene rings is 1. The summed E-state index contributed by atoms with van der Waals surface area (Å²) in [7, 11) is 1.59. The molecule has 3 nitrogen and oxygen atoms in total. The normalized spacial score (nSPS) is 10.1. The first-order chi connectivity index (χ1) is 7.72. The summed E-state index contributed by atoms with van der Waals surface area (Å²) in [5, 5.41) is 12.5. The van der Waals surface area contributed by atoms with Gasteiger partial charge in [-0.05, 0) is 23.1 Å². The Hall–Kier alpha value is -1.81. The van der Waals surface area contributed by atoms with Crippen LogP contribution in [0.15, 0.2) is 35.0 Å². The summed E-state index contributed by atoms with van der Waals surface area (Å²) >= 11 is 1.38. The molecule has 2 rings (SSSR count). The minimum Gasteiger partial charge on any atom is -0.497 e. The van der Waals surface area contributed by atoms with Gasteiger partial charge in [-0.2, -0.15) is 11.3 Å². The van der Waals surface area contributed by atoms with Crippen LogP contribution in [-0.2, 0) is 0 Å². The second kappa shape index (κ2) is 4.37. The number of ether oxygens (including phenoxy) is 1. The first-order valence-corrected chi connectivity index (χ1v) is 5.60. The Balaban J connectivity index is 2.50. The molecule has 0 spiro atoms. The van der Waals surface area contributed by atoms with Crippen LogP contribution in [0, 0.1) is 0 Å². The highest BCUT2D eigenvalue weighted by molar-refractivity contribution is 7.08. The molecule has 4 heteroatoms. The van der Waals surface area contributed by atoms with Gasteiger partial charge < -0.3 is 9.84 Å². The topological polar surface area (TPSA) is 46.5 Å². The molecule has 0 radical (unpaired) electrons. The number of hydrogen-bond acceptors (Lipinski definition) is 3. The van der Waals surface area contributed by atoms with Crippen molar-refractivity contribution >= 4 is 17.3 Å². The lowest BCUT2D eigenvalue weighted by Crippen LogP contribution is -1.95. The van der Waals surface area contributed by atoms with Gasteiger partial charge in [0.1, 0.15) is 5.75 Å². The molecule has 0 saturated heterocycles. The van der Waals surface area contributed by atoms with Gasteiger partial charge in [-0.25, -0.2) is 4.79 Å². The predicted octanol–water partition coefficient (Wildman–Crippen LogP) is 3.12. The van der Waals surface area contributed by atoms with Gasteiger partial charge in [0.2, 0.25) is 0 Å². The summed E-state index contributed by atoms with van der Waals surface area (Å²) in [5.41, 5.74) is 1.92. The average Bonchev–Trinajstić information content (AvgIpc) is 2.78. The molecule has 0 saturated carbocycles. The molecule has 0 aliphatic rings. The fourth-order valence-electron chi connectivity index (χ4n) is 1.48. The lowest BCUT2D eigenvalue weighted by atomic mass is 10.0. The maximum atomic E-state index is 11.0. The lowest BCUT2D eigenvalue weighted by Gasteiger charge is -2.03. The fraction of sp³-hybridized carbons (Fsp3) is 0.0833. The molecule has 16 heavy (non-hydrogen) atoms. The third-order valence-electron chi connectivity index (χ3n) is 2.27. The van der Waals surface area contributed by atoms with Gasteiger partial charge in [0, 0.05) is 10.9 Å². The maximum absolute atomic E-state index is 11.0. The van der Waals surface area contributed by atoms with Crippen molar-refractivity contribution in [3.8, 4) is 16.9 Å². The number of aromatic carboxylic acids is 1. The van der Waals surface area contributed by atoms with Crippen LogP contribution < -0.4 is 4.74 Å². The second-order valence-corrected chi connectivity index (χ2v) is 3.98. The van der Waals surface area contributed by atoms with Crippen molar-refractivity contribution in [3.63, 3.8) is 0 Å². The van der Waals surface area contributed by atoms with E-state index in [-0.39, 0.29) is 0 Å². The molecule has 0 amide bonds. The molecule has 1 heterocycles. The molecule has 0 aliphatic heterocycles. The number of carbonyl (C=O) groups is 1. The summed E-state index contributed by atoms with van der Waals surface area (Å²) in [6, 6.07) is 7.37. The first kappa shape index (κ1) is 10.7. The van der Waals surface area contributed by atoms with Crippen molar-refractivity contribution in [1.29, 1.82) is 0 Å². The Kier molecular flexibility index (Phi) is 2.92. The van der Waals surface area contributed by atoms with Crippen molar-refractivity contribution in [2.75, 3.05) is 7.11 Å². The summed E-state index contributed by atoms with van der Waals surface area (Å²) in [4.78, 5) is 11.0. The Morgan fingerprint density at radius 2 is 2.19 bits per heavy atom. The number of methoxy groups -OCH3 is 1. The van der Waals surface area contributed by atoms with Crippen LogP contribution in [-0.4, -0.2) is 18.2 Å². The van der Waals surface area contributed by atoms with Gasteiger partial charge in [0.05, 0.1) is 12.7 Å². The largest absolute Gasteiger partial charge is 0.497 e. The second-order valence-electron chi connectivity index (χ2n) is 3.24. The van der Waals surface area contributed by atoms with E-state index in [0.717, 1.165) is 16.9 Å². The summed E-state index contributed by atoms with van der Waals surface area (Å²) in [6.45, 7) is 0. The lowest BCUT2D eigenvalue weighted by molar-refractivity contribution is 0.0698. The number of hydrogen-bond donors (Lipinski definition) is 1. The number of carboxylic acid groups (broad SMARTS) is 1. The van der Waals surface area contributed by atoms with Crippen LogP contribution in [0.3, 0.4) is 0 Å². The Bertz CT molecular complexity index is 516. The van der Waals surface area contributed by atoms with Gasteiger partial charge in [-0.3, -0.25) is 0 Å². The van der Waals surface area contributed by atoms with Crippen molar-refractivity contribution in [2.45, 2.75) is 0 Å². The molecule has 0 unspecified atom stereocenters. The number of thiophene rings is 1. The van der Waals surface area contributed by atoms with Crippen LogP contribution in [0.2, 0.25) is 0 Å². The molecular weight excluding hydrogens is 224 g/mol. The highest BCUT2D eigenvalue weighted by atomic mass is 32.1. The van der Waals surface area contributed by atoms with E-state index < -0.39 is 5.97 Å². The van der Waals surface area contributed by atoms with Crippen molar-refractivity contribution in [1.82, 2.24) is 0 Å². The summed E-state index contributed by atoms with van der Waals surface area (Å²) in [5.74, 6) is -0.181. The third kappa shape index (κ3) is 1.92. The molecular formula is C12H10O3S. The number of carboxylic acids is 1. The monoisotopic (exact) mass is 234 g/mol. The maximum Gasteiger partial charge on any atom is 0.337 e. The molecule has 0 atom stereocenters. The third-order valence-corrected chi connectivity index (χ3v) is 3.02. The van der Waals surface area contributed by atoms with Crippen LogP contribution in [0.5, 0.6) is 5.75 Å². The van der Waals surface area contributed by atoms with Gasteiger partial charge in [0.15, 0.2) is 0 Å². The molecule has 1 aromatic heterocycles. The zero-order valence-corrected chi connectivity index (χ0v) is 9.45. The minimum absolute atomic E-state index is 0.332. The van der Waals surface area contributed by atoms with Crippen LogP contribution in [0.1, 0.15) is 10.4 Å². The molecule has 0 bridgehead atoms. The van der Waals surface area contributed by atoms with E-state index >= 15 is 0 Å². The van der Waals surface area contributed by atoms with Gasteiger partial charge >= 0.3 is 5.97 Å². The first-order valence-electron chi connectivity index (χ1n) is 4.66. The van der Waals surface area contributed by atoms with Crippen LogP contribution in [0.25, 0.3) is 11.1 Å². The SMILES string of the molecule is COc1cccc(-c2cscc2C(=O)O)c1. The molecule has 2 aromatic rings. The average molecular weight is 234 g/mol. The quantitative estimate of drug-likeness (QED) is 0.887. The smallest absolute Gasteiger partial charge is 0.337 e.